The van der Waals surface area contributed by atoms with Crippen LogP contribution in [0.3, 0.4) is 0 Å². The molecule has 0 atom stereocenters. The Balaban J connectivity index is 0.759. The van der Waals surface area contributed by atoms with Gasteiger partial charge in [-0.2, -0.15) is 9.97 Å². The molecular formula is C93H63N7. The van der Waals surface area contributed by atoms with E-state index < -0.39 is 0 Å². The van der Waals surface area contributed by atoms with Crippen LogP contribution < -0.4 is 9.80 Å². The largest absolute Gasteiger partial charge is 0.310 e. The molecular weight excluding hydrogens is 1220 g/mol. The number of hydrogen-bond donors (Lipinski definition) is 0. The average molecular weight is 1280 g/mol. The van der Waals surface area contributed by atoms with Crippen LogP contribution in [0, 0.1) is 0 Å². The summed E-state index contributed by atoms with van der Waals surface area (Å²) in [6.07, 6.45) is 0. The standard InChI is InChI=1S/C93H63N7/c1-7-25-64(26-8-1)73-58-74(65-27-9-2-10-28-65)60-75(59-73)68-29-23-30-71(57-68)91-94-92(96-93(95-91)98(77-34-13-4-14-35-77)81-53-47-67(48-54-81)70-50-56-90-86(63-70)84-42-20-22-44-88(84)100(90)79-38-17-6-18-39-79)72-31-24-40-82(61-72)97(76-32-11-3-12-33-76)80-51-45-66(46-52-80)69-49-55-89-85(62-69)83-41-19-21-43-87(83)99(89)78-36-15-5-16-37-78/h1-63H. The van der Waals surface area contributed by atoms with Gasteiger partial charge in [0.2, 0.25) is 5.95 Å². The van der Waals surface area contributed by atoms with Gasteiger partial charge in [0.1, 0.15) is 0 Å². The Morgan fingerprint density at radius 2 is 0.490 bits per heavy atom. The maximum absolute atomic E-state index is 5.56. The van der Waals surface area contributed by atoms with Crippen molar-refractivity contribution in [2.45, 2.75) is 0 Å². The Labute approximate surface area is 580 Å². The van der Waals surface area contributed by atoms with Crippen molar-refractivity contribution in [1.29, 1.82) is 0 Å². The summed E-state index contributed by atoms with van der Waals surface area (Å²) in [5, 5.41) is 4.84. The molecule has 0 radical (unpaired) electrons. The van der Waals surface area contributed by atoms with Gasteiger partial charge in [-0.1, -0.05) is 237 Å². The van der Waals surface area contributed by atoms with Gasteiger partial charge < -0.3 is 14.0 Å². The van der Waals surface area contributed by atoms with E-state index in [0.29, 0.717) is 17.6 Å². The Kier molecular flexibility index (Phi) is 15.1. The highest BCUT2D eigenvalue weighted by Crippen LogP contribution is 2.43. The predicted octanol–water partition coefficient (Wildman–Crippen LogP) is 24.7. The van der Waals surface area contributed by atoms with E-state index in [0.717, 1.165) is 112 Å². The zero-order valence-corrected chi connectivity index (χ0v) is 54.5. The Morgan fingerprint density at radius 3 is 0.980 bits per heavy atom. The van der Waals surface area contributed by atoms with Crippen molar-refractivity contribution in [1.82, 2.24) is 24.1 Å². The normalized spacial score (nSPS) is 11.4. The van der Waals surface area contributed by atoms with Crippen molar-refractivity contribution in [2.24, 2.45) is 0 Å². The molecule has 0 fully saturated rings. The topological polar surface area (TPSA) is 55.0 Å². The lowest BCUT2D eigenvalue weighted by Crippen LogP contribution is -2.15. The van der Waals surface area contributed by atoms with Crippen LogP contribution in [0.1, 0.15) is 0 Å². The molecule has 18 rings (SSSR count). The SMILES string of the molecule is c1ccc(-c2cc(-c3ccccc3)cc(-c3cccc(-c4nc(-c5cccc(N(c6ccccc6)c6ccc(-c7ccc8c(c7)c7ccccc7n8-c7ccccc7)cc6)c5)nc(N(c5ccccc5)c5ccc(-c6ccc7c(c6)c6ccccc6n7-c6ccccc6)cc5)n4)c3)c2)cc1. The summed E-state index contributed by atoms with van der Waals surface area (Å²) >= 11 is 0. The van der Waals surface area contributed by atoms with Crippen molar-refractivity contribution in [3.8, 4) is 89.8 Å². The first kappa shape index (κ1) is 59.0. The van der Waals surface area contributed by atoms with Crippen LogP contribution in [0.2, 0.25) is 0 Å². The number of fused-ring (bicyclic) bond motifs is 6. The van der Waals surface area contributed by atoms with E-state index >= 15 is 0 Å². The molecule has 18 aromatic rings. The number of para-hydroxylation sites is 6. The molecule has 0 unspecified atom stereocenters. The van der Waals surface area contributed by atoms with Crippen LogP contribution in [0.4, 0.5) is 34.4 Å². The number of benzene rings is 15. The molecule has 0 aliphatic heterocycles. The van der Waals surface area contributed by atoms with Crippen LogP contribution in [-0.4, -0.2) is 24.1 Å². The zero-order valence-electron chi connectivity index (χ0n) is 54.5. The lowest BCUT2D eigenvalue weighted by atomic mass is 9.93. The number of rotatable bonds is 15. The minimum absolute atomic E-state index is 0.473. The van der Waals surface area contributed by atoms with E-state index in [1.54, 1.807) is 0 Å². The molecule has 0 spiro atoms. The third kappa shape index (κ3) is 11.1. The quantitative estimate of drug-likeness (QED) is 0.102. The number of aromatic nitrogens is 5. The summed E-state index contributed by atoms with van der Waals surface area (Å²) in [7, 11) is 0. The number of hydrogen-bond acceptors (Lipinski definition) is 5. The monoisotopic (exact) mass is 1280 g/mol. The van der Waals surface area contributed by atoms with E-state index in [1.165, 1.54) is 38.1 Å². The van der Waals surface area contributed by atoms with Crippen LogP contribution >= 0.6 is 0 Å². The lowest BCUT2D eigenvalue weighted by Gasteiger charge is -2.26. The van der Waals surface area contributed by atoms with Gasteiger partial charge in [0.25, 0.3) is 0 Å². The minimum atomic E-state index is 0.473. The minimum Gasteiger partial charge on any atom is -0.310 e. The molecule has 3 aromatic heterocycles. The smallest absolute Gasteiger partial charge is 0.238 e. The molecule has 0 N–H and O–H groups in total. The fourth-order valence-electron chi connectivity index (χ4n) is 14.3. The third-order valence-electron chi connectivity index (χ3n) is 19.1. The first-order valence-electron chi connectivity index (χ1n) is 33.9. The highest BCUT2D eigenvalue weighted by molar-refractivity contribution is 6.12. The second kappa shape index (κ2) is 25.6. The second-order valence-electron chi connectivity index (χ2n) is 25.2. The fraction of sp³-hybridized carbons (Fsp3) is 0. The molecule has 0 bridgehead atoms. The summed E-state index contributed by atoms with van der Waals surface area (Å²) in [5.41, 5.74) is 24.6. The Bertz CT molecular complexity index is 5940. The second-order valence-corrected chi connectivity index (χ2v) is 25.2. The van der Waals surface area contributed by atoms with E-state index in [-0.39, 0.29) is 0 Å². The van der Waals surface area contributed by atoms with E-state index in [4.69, 9.17) is 15.0 Å². The van der Waals surface area contributed by atoms with Gasteiger partial charge >= 0.3 is 0 Å². The van der Waals surface area contributed by atoms with Gasteiger partial charge in [-0.3, -0.25) is 4.90 Å². The molecule has 0 saturated carbocycles. The molecule has 0 amide bonds. The summed E-state index contributed by atoms with van der Waals surface area (Å²) in [4.78, 5) is 21.1. The van der Waals surface area contributed by atoms with Gasteiger partial charge in [-0.15, -0.1) is 0 Å². The maximum Gasteiger partial charge on any atom is 0.238 e. The number of nitrogens with zero attached hydrogens (tertiary/aromatic N) is 7. The van der Waals surface area contributed by atoms with E-state index in [1.807, 2.05) is 6.07 Å². The Morgan fingerprint density at radius 1 is 0.180 bits per heavy atom. The molecule has 0 saturated heterocycles. The van der Waals surface area contributed by atoms with Crippen molar-refractivity contribution in [3.63, 3.8) is 0 Å². The highest BCUT2D eigenvalue weighted by Gasteiger charge is 2.23. The molecule has 470 valence electrons. The van der Waals surface area contributed by atoms with E-state index in [2.05, 4.69) is 395 Å². The van der Waals surface area contributed by atoms with Gasteiger partial charge in [-0.05, 0) is 201 Å². The summed E-state index contributed by atoms with van der Waals surface area (Å²) in [5.74, 6) is 1.53. The summed E-state index contributed by atoms with van der Waals surface area (Å²) < 4.78 is 4.72. The van der Waals surface area contributed by atoms with Gasteiger partial charge in [0.05, 0.1) is 22.1 Å². The molecule has 0 aliphatic rings. The Hall–Kier alpha value is -13.5. The predicted molar refractivity (Wildman–Crippen MR) is 416 cm³/mol. The lowest BCUT2D eigenvalue weighted by molar-refractivity contribution is 1.02. The highest BCUT2D eigenvalue weighted by atomic mass is 15.3. The van der Waals surface area contributed by atoms with Crippen LogP contribution in [0.15, 0.2) is 382 Å². The zero-order chi connectivity index (χ0) is 66.3. The maximum atomic E-state index is 5.56. The van der Waals surface area contributed by atoms with Crippen LogP contribution in [-0.2, 0) is 0 Å². The molecule has 0 aliphatic carbocycles. The van der Waals surface area contributed by atoms with Crippen LogP contribution in [0.5, 0.6) is 0 Å². The van der Waals surface area contributed by atoms with Crippen molar-refractivity contribution < 1.29 is 0 Å². The third-order valence-corrected chi connectivity index (χ3v) is 19.1. The molecule has 7 heteroatoms. The summed E-state index contributed by atoms with van der Waals surface area (Å²) in [6.45, 7) is 0. The molecule has 7 nitrogen and oxygen atoms in total. The van der Waals surface area contributed by atoms with Crippen molar-refractivity contribution in [3.05, 3.63) is 382 Å². The number of anilines is 6. The van der Waals surface area contributed by atoms with Crippen molar-refractivity contribution >= 4 is 78.0 Å². The molecule has 15 aromatic carbocycles. The van der Waals surface area contributed by atoms with Crippen molar-refractivity contribution in [2.75, 3.05) is 9.80 Å². The first-order chi connectivity index (χ1) is 49.6. The van der Waals surface area contributed by atoms with Gasteiger partial charge in [0.15, 0.2) is 11.6 Å². The molecule has 3 heterocycles. The average Bonchev–Trinajstić information content (AvgIpc) is 1.62. The molecule has 100 heavy (non-hydrogen) atoms. The first-order valence-corrected chi connectivity index (χ1v) is 33.9. The van der Waals surface area contributed by atoms with E-state index in [9.17, 15) is 0 Å². The van der Waals surface area contributed by atoms with Gasteiger partial charge in [0, 0.05) is 72.5 Å². The fourth-order valence-corrected chi connectivity index (χ4v) is 14.3. The van der Waals surface area contributed by atoms with Crippen LogP contribution in [0.25, 0.3) is 133 Å². The van der Waals surface area contributed by atoms with Gasteiger partial charge in [-0.25, -0.2) is 4.98 Å². The summed E-state index contributed by atoms with van der Waals surface area (Å²) in [6, 6.07) is 136.